The summed E-state index contributed by atoms with van der Waals surface area (Å²) in [5.41, 5.74) is -1.98. The van der Waals surface area contributed by atoms with Crippen LogP contribution in [0, 0.1) is 0 Å². The molecule has 0 saturated heterocycles. The van der Waals surface area contributed by atoms with Crippen LogP contribution in [-0.4, -0.2) is 16.5 Å². The number of hydrogen-bond acceptors (Lipinski definition) is 3. The predicted molar refractivity (Wildman–Crippen MR) is 75.7 cm³/mol. The van der Waals surface area contributed by atoms with Crippen molar-refractivity contribution < 1.29 is 31.1 Å². The first-order valence-electron chi connectivity index (χ1n) is 6.44. The molecule has 0 N–H and O–H groups in total. The molecule has 1 aromatic carbocycles. The van der Waals surface area contributed by atoms with Crippen LogP contribution in [0.5, 0.6) is 0 Å². The van der Waals surface area contributed by atoms with Crippen LogP contribution >= 0.6 is 11.8 Å². The molecule has 0 saturated carbocycles. The van der Waals surface area contributed by atoms with Gasteiger partial charge in [0.1, 0.15) is 0 Å². The molecule has 1 aromatic heterocycles. The zero-order chi connectivity index (χ0) is 18.0. The Bertz CT molecular complexity index is 724. The van der Waals surface area contributed by atoms with Crippen molar-refractivity contribution in [1.29, 1.82) is 0 Å². The summed E-state index contributed by atoms with van der Waals surface area (Å²) in [4.78, 5) is 15.5. The van der Waals surface area contributed by atoms with Crippen LogP contribution < -0.4 is 0 Å². The third-order valence-electron chi connectivity index (χ3n) is 2.93. The van der Waals surface area contributed by atoms with Crippen molar-refractivity contribution >= 4 is 17.5 Å². The van der Waals surface area contributed by atoms with Crippen LogP contribution in [0.15, 0.2) is 47.6 Å². The summed E-state index contributed by atoms with van der Waals surface area (Å²) < 4.78 is 75.0. The molecular weight excluding hydrogens is 356 g/mol. The second kappa shape index (κ2) is 6.84. The molecule has 9 heteroatoms. The summed E-state index contributed by atoms with van der Waals surface area (Å²) in [6.45, 7) is 0. The molecule has 2 aromatic rings. The summed E-state index contributed by atoms with van der Waals surface area (Å²) in [6, 6.07) is 5.89. The highest BCUT2D eigenvalue weighted by molar-refractivity contribution is 7.99. The van der Waals surface area contributed by atoms with Crippen molar-refractivity contribution in [2.75, 3.05) is 5.75 Å². The zero-order valence-corrected chi connectivity index (χ0v) is 12.6. The SMILES string of the molecule is O=C(CSc1ccc(C(F)(F)F)cn1)c1cccc(C(F)(F)F)c1. The number of carbonyl (C=O) groups excluding carboxylic acids is 1. The van der Waals surface area contributed by atoms with Crippen LogP contribution in [0.3, 0.4) is 0 Å². The number of nitrogens with zero attached hydrogens (tertiary/aromatic N) is 1. The van der Waals surface area contributed by atoms with Gasteiger partial charge in [0.05, 0.1) is 21.9 Å². The number of Topliss-reactive ketones (excluding diaryl/α,β-unsaturated/α-hetero) is 1. The van der Waals surface area contributed by atoms with Gasteiger partial charge in [-0.25, -0.2) is 4.98 Å². The van der Waals surface area contributed by atoms with E-state index in [9.17, 15) is 31.1 Å². The van der Waals surface area contributed by atoms with E-state index in [-0.39, 0.29) is 16.3 Å². The van der Waals surface area contributed by atoms with Gasteiger partial charge in [-0.2, -0.15) is 26.3 Å². The first-order chi connectivity index (χ1) is 11.1. The molecule has 2 rings (SSSR count). The highest BCUT2D eigenvalue weighted by atomic mass is 32.2. The Balaban J connectivity index is 2.03. The Kier molecular flexibility index (Phi) is 5.22. The molecule has 0 bridgehead atoms. The molecule has 128 valence electrons. The van der Waals surface area contributed by atoms with Crippen molar-refractivity contribution in [1.82, 2.24) is 4.98 Å². The highest BCUT2D eigenvalue weighted by Gasteiger charge is 2.31. The number of thioether (sulfide) groups is 1. The van der Waals surface area contributed by atoms with Gasteiger partial charge in [0.15, 0.2) is 5.78 Å². The van der Waals surface area contributed by atoms with Gasteiger partial charge in [-0.05, 0) is 24.3 Å². The monoisotopic (exact) mass is 365 g/mol. The maximum atomic E-state index is 12.6. The van der Waals surface area contributed by atoms with Crippen molar-refractivity contribution in [2.45, 2.75) is 17.4 Å². The number of carbonyl (C=O) groups is 1. The van der Waals surface area contributed by atoms with Gasteiger partial charge in [0.25, 0.3) is 0 Å². The number of rotatable bonds is 4. The van der Waals surface area contributed by atoms with Crippen LogP contribution in [0.4, 0.5) is 26.3 Å². The molecule has 0 fully saturated rings. The fourth-order valence-corrected chi connectivity index (χ4v) is 2.46. The molecule has 0 atom stereocenters. The second-order valence-corrected chi connectivity index (χ2v) is 5.67. The number of aromatic nitrogens is 1. The van der Waals surface area contributed by atoms with Gasteiger partial charge in [-0.1, -0.05) is 23.9 Å². The van der Waals surface area contributed by atoms with Crippen LogP contribution in [-0.2, 0) is 12.4 Å². The van der Waals surface area contributed by atoms with Crippen molar-refractivity contribution in [3.63, 3.8) is 0 Å². The van der Waals surface area contributed by atoms with E-state index in [1.54, 1.807) is 0 Å². The highest BCUT2D eigenvalue weighted by Crippen LogP contribution is 2.31. The third kappa shape index (κ3) is 4.73. The van der Waals surface area contributed by atoms with Crippen molar-refractivity contribution in [3.05, 3.63) is 59.3 Å². The molecular formula is C15H9F6NOS. The molecule has 0 aliphatic carbocycles. The van der Waals surface area contributed by atoms with E-state index in [2.05, 4.69) is 4.98 Å². The van der Waals surface area contributed by atoms with Gasteiger partial charge in [-0.15, -0.1) is 0 Å². The first-order valence-corrected chi connectivity index (χ1v) is 7.42. The molecule has 24 heavy (non-hydrogen) atoms. The first kappa shape index (κ1) is 18.3. The smallest absolute Gasteiger partial charge is 0.293 e. The number of pyridine rings is 1. The van der Waals surface area contributed by atoms with E-state index in [0.717, 1.165) is 42.1 Å². The Morgan fingerprint density at radius 2 is 1.62 bits per heavy atom. The Morgan fingerprint density at radius 3 is 2.17 bits per heavy atom. The van der Waals surface area contributed by atoms with E-state index < -0.39 is 29.3 Å². The van der Waals surface area contributed by atoms with E-state index in [4.69, 9.17) is 0 Å². The van der Waals surface area contributed by atoms with Gasteiger partial charge < -0.3 is 0 Å². The Labute approximate surface area is 136 Å². The van der Waals surface area contributed by atoms with Crippen LogP contribution in [0.25, 0.3) is 0 Å². The summed E-state index contributed by atoms with van der Waals surface area (Å²) in [5.74, 6) is -0.813. The maximum absolute atomic E-state index is 12.6. The summed E-state index contributed by atoms with van der Waals surface area (Å²) >= 11 is 0.847. The maximum Gasteiger partial charge on any atom is 0.417 e. The van der Waals surface area contributed by atoms with Crippen LogP contribution in [0.1, 0.15) is 21.5 Å². The van der Waals surface area contributed by atoms with Gasteiger partial charge in [0, 0.05) is 11.8 Å². The lowest BCUT2D eigenvalue weighted by Gasteiger charge is -2.08. The van der Waals surface area contributed by atoms with Gasteiger partial charge in [0.2, 0.25) is 0 Å². The predicted octanol–water partition coefficient (Wildman–Crippen LogP) is 5.09. The molecule has 1 heterocycles. The summed E-state index contributed by atoms with van der Waals surface area (Å²) in [6.07, 6.45) is -8.43. The van der Waals surface area contributed by atoms with Gasteiger partial charge >= 0.3 is 12.4 Å². The normalized spacial score (nSPS) is 12.2. The zero-order valence-electron chi connectivity index (χ0n) is 11.8. The molecule has 0 radical (unpaired) electrons. The third-order valence-corrected chi connectivity index (χ3v) is 3.87. The Hall–Kier alpha value is -2.03. The number of halogens is 6. The number of benzene rings is 1. The average Bonchev–Trinajstić information content (AvgIpc) is 2.51. The molecule has 2 nitrogen and oxygen atoms in total. The minimum Gasteiger partial charge on any atom is -0.293 e. The molecule has 0 aliphatic heterocycles. The minimum atomic E-state index is -4.56. The van der Waals surface area contributed by atoms with Crippen LogP contribution in [0.2, 0.25) is 0 Å². The number of hydrogen-bond donors (Lipinski definition) is 0. The lowest BCUT2D eigenvalue weighted by Crippen LogP contribution is -2.09. The summed E-state index contributed by atoms with van der Waals surface area (Å²) in [5, 5.41) is 0.170. The number of ketones is 1. The van der Waals surface area contributed by atoms with E-state index >= 15 is 0 Å². The number of alkyl halides is 6. The fraction of sp³-hybridized carbons (Fsp3) is 0.200. The topological polar surface area (TPSA) is 30.0 Å². The summed E-state index contributed by atoms with van der Waals surface area (Å²) in [7, 11) is 0. The Morgan fingerprint density at radius 1 is 0.958 bits per heavy atom. The van der Waals surface area contributed by atoms with Gasteiger partial charge in [-0.3, -0.25) is 4.79 Å². The fourth-order valence-electron chi connectivity index (χ4n) is 1.73. The molecule has 0 unspecified atom stereocenters. The quantitative estimate of drug-likeness (QED) is 0.429. The molecule has 0 spiro atoms. The second-order valence-electron chi connectivity index (χ2n) is 4.67. The van der Waals surface area contributed by atoms with E-state index in [0.29, 0.717) is 6.20 Å². The van der Waals surface area contributed by atoms with Crippen molar-refractivity contribution in [3.8, 4) is 0 Å². The molecule has 0 aliphatic rings. The van der Waals surface area contributed by atoms with Crippen molar-refractivity contribution in [2.24, 2.45) is 0 Å². The standard InChI is InChI=1S/C15H9F6NOS/c16-14(17,18)10-3-1-2-9(6-10)12(23)8-24-13-5-4-11(7-22-13)15(19,20)21/h1-7H,8H2. The lowest BCUT2D eigenvalue weighted by atomic mass is 10.1. The van der Waals surface area contributed by atoms with E-state index in [1.807, 2.05) is 0 Å². The average molecular weight is 365 g/mol. The largest absolute Gasteiger partial charge is 0.417 e. The molecule has 0 amide bonds. The van der Waals surface area contributed by atoms with E-state index in [1.165, 1.54) is 6.07 Å². The lowest BCUT2D eigenvalue weighted by molar-refractivity contribution is -0.138. The minimum absolute atomic E-state index is 0.121.